The van der Waals surface area contributed by atoms with E-state index in [4.69, 9.17) is 24.7 Å². The smallest absolute Gasteiger partial charge is 0.165 e. The molecule has 13 rings (SSSR count). The summed E-state index contributed by atoms with van der Waals surface area (Å²) in [6, 6.07) is 65.9. The molecular weight excluding hydrogens is 779 g/mol. The summed E-state index contributed by atoms with van der Waals surface area (Å²) in [6.07, 6.45) is 3.87. The molecule has 0 fully saturated rings. The molecule has 10 aromatic rings. The van der Waals surface area contributed by atoms with Gasteiger partial charge in [-0.05, 0) is 82.9 Å². The van der Waals surface area contributed by atoms with Gasteiger partial charge in [0.05, 0.1) is 44.3 Å². The van der Waals surface area contributed by atoms with Gasteiger partial charge in [-0.1, -0.05) is 139 Å². The number of ether oxygens (including phenoxy) is 1. The van der Waals surface area contributed by atoms with Gasteiger partial charge in [0.15, 0.2) is 17.3 Å². The van der Waals surface area contributed by atoms with Gasteiger partial charge in [-0.25, -0.2) is 9.97 Å². The van der Waals surface area contributed by atoms with Crippen molar-refractivity contribution in [1.82, 2.24) is 19.9 Å². The number of aromatic nitrogens is 4. The highest BCUT2D eigenvalue weighted by Gasteiger charge is 2.53. The number of rotatable bonds is 4. The first-order valence-corrected chi connectivity index (χ1v) is 21.5. The number of anilines is 3. The van der Waals surface area contributed by atoms with Crippen molar-refractivity contribution in [2.75, 3.05) is 4.90 Å². The third kappa shape index (κ3) is 5.06. The first kappa shape index (κ1) is 34.9. The zero-order chi connectivity index (χ0) is 40.8. The topological polar surface area (TPSA) is 64.0 Å². The molecule has 3 aliphatic rings. The summed E-state index contributed by atoms with van der Waals surface area (Å²) < 4.78 is 7.03. The van der Waals surface area contributed by atoms with E-state index in [-0.39, 0.29) is 0 Å². The summed E-state index contributed by atoms with van der Waals surface area (Å²) in [6.45, 7) is 0. The van der Waals surface area contributed by atoms with Crippen LogP contribution >= 0.6 is 11.8 Å². The summed E-state index contributed by atoms with van der Waals surface area (Å²) in [5, 5.41) is 1.02. The minimum Gasteiger partial charge on any atom is -0.452 e. The fourth-order valence-corrected chi connectivity index (χ4v) is 11.0. The summed E-state index contributed by atoms with van der Waals surface area (Å²) in [4.78, 5) is 25.2. The zero-order valence-corrected chi connectivity index (χ0v) is 33.9. The molecule has 2 aliphatic heterocycles. The predicted molar refractivity (Wildman–Crippen MR) is 248 cm³/mol. The van der Waals surface area contributed by atoms with Crippen molar-refractivity contribution in [1.29, 1.82) is 0 Å². The second kappa shape index (κ2) is 13.6. The number of nitrogens with zero attached hydrogens (tertiary/aromatic N) is 5. The lowest BCUT2D eigenvalue weighted by Gasteiger charge is -2.41. The number of benzene rings is 7. The van der Waals surface area contributed by atoms with Gasteiger partial charge in [0.25, 0.3) is 0 Å². The van der Waals surface area contributed by atoms with Crippen LogP contribution in [0.25, 0.3) is 56.1 Å². The van der Waals surface area contributed by atoms with Crippen LogP contribution in [-0.2, 0) is 5.41 Å². The minimum absolute atomic E-state index is 0.676. The van der Waals surface area contributed by atoms with E-state index in [0.717, 1.165) is 100 Å². The monoisotopic (exact) mass is 811 g/mol. The molecule has 7 aromatic carbocycles. The van der Waals surface area contributed by atoms with Crippen LogP contribution in [-0.4, -0.2) is 19.9 Å². The van der Waals surface area contributed by atoms with Gasteiger partial charge in [-0.2, -0.15) is 0 Å². The van der Waals surface area contributed by atoms with Crippen molar-refractivity contribution < 1.29 is 4.74 Å². The molecule has 0 radical (unpaired) electrons. The van der Waals surface area contributed by atoms with Gasteiger partial charge in [-0.15, -0.1) is 0 Å². The zero-order valence-electron chi connectivity index (χ0n) is 33.1. The summed E-state index contributed by atoms with van der Waals surface area (Å²) in [5.74, 6) is 2.33. The third-order valence-corrected chi connectivity index (χ3v) is 13.6. The van der Waals surface area contributed by atoms with Crippen LogP contribution in [0.5, 0.6) is 11.5 Å². The van der Waals surface area contributed by atoms with E-state index in [1.165, 1.54) is 10.5 Å². The molecule has 0 N–H and O–H groups in total. The Kier molecular flexibility index (Phi) is 7.65. The van der Waals surface area contributed by atoms with Crippen LogP contribution in [0.1, 0.15) is 22.3 Å². The Balaban J connectivity index is 1.02. The molecular formula is C55H33N5OS. The SMILES string of the molecule is c1ccc(-c2nc(-c3cccc(-c4cnc5c(c4)C4(c6ccccc6Sc6c4ccc4c6Oc6ccccc6N4c4ccccc4)c4cccnc4-5)c3)nc3ccccc23)cc1. The van der Waals surface area contributed by atoms with Crippen LogP contribution in [0.3, 0.4) is 0 Å². The fourth-order valence-electron chi connectivity index (χ4n) is 9.75. The van der Waals surface area contributed by atoms with E-state index >= 15 is 0 Å². The quantitative estimate of drug-likeness (QED) is 0.175. The van der Waals surface area contributed by atoms with Crippen molar-refractivity contribution in [3.63, 3.8) is 0 Å². The van der Waals surface area contributed by atoms with Gasteiger partial charge in [0.2, 0.25) is 0 Å². The van der Waals surface area contributed by atoms with Crippen LogP contribution in [0.4, 0.5) is 17.1 Å². The van der Waals surface area contributed by atoms with E-state index in [1.54, 1.807) is 11.8 Å². The Morgan fingerprint density at radius 1 is 0.484 bits per heavy atom. The Morgan fingerprint density at radius 2 is 1.23 bits per heavy atom. The van der Waals surface area contributed by atoms with Gasteiger partial charge < -0.3 is 9.64 Å². The number of para-hydroxylation sites is 4. The lowest BCUT2D eigenvalue weighted by molar-refractivity contribution is 0.461. The maximum atomic E-state index is 7.03. The van der Waals surface area contributed by atoms with E-state index < -0.39 is 5.41 Å². The Hall–Kier alpha value is -7.87. The first-order valence-electron chi connectivity index (χ1n) is 20.7. The Labute approximate surface area is 362 Å². The average molecular weight is 812 g/mol. The molecule has 1 spiro atoms. The van der Waals surface area contributed by atoms with E-state index in [9.17, 15) is 0 Å². The van der Waals surface area contributed by atoms with Crippen molar-refractivity contribution in [3.05, 3.63) is 223 Å². The number of pyridine rings is 2. The lowest BCUT2D eigenvalue weighted by Crippen LogP contribution is -2.32. The molecule has 290 valence electrons. The molecule has 0 bridgehead atoms. The fraction of sp³-hybridized carbons (Fsp3) is 0.0182. The van der Waals surface area contributed by atoms with Gasteiger partial charge in [0.1, 0.15) is 0 Å². The minimum atomic E-state index is -0.726. The van der Waals surface area contributed by atoms with Crippen molar-refractivity contribution in [2.45, 2.75) is 15.2 Å². The van der Waals surface area contributed by atoms with Crippen molar-refractivity contribution in [3.8, 4) is 56.7 Å². The standard InChI is InChI=1S/C55H33N5OS/c1-3-15-34(16-4-1)49-39-21-7-9-24-44(39)58-54(59-49)36-18-13-17-35(31-36)37-32-43-51(57-33-37)50-41(23-14-30-56-50)55(43)40-22-8-12-27-48(40)62-53-42(55)28-29-46-52(53)61-47-26-11-10-25-45(47)60(46)38-19-5-2-6-20-38/h1-33H. The van der Waals surface area contributed by atoms with Gasteiger partial charge in [0, 0.05) is 50.6 Å². The molecule has 0 saturated heterocycles. The van der Waals surface area contributed by atoms with Gasteiger partial charge >= 0.3 is 0 Å². The third-order valence-electron chi connectivity index (χ3n) is 12.4. The number of hydrogen-bond acceptors (Lipinski definition) is 7. The molecule has 0 saturated carbocycles. The van der Waals surface area contributed by atoms with Crippen molar-refractivity contribution in [2.24, 2.45) is 0 Å². The first-order chi connectivity index (χ1) is 30.7. The summed E-state index contributed by atoms with van der Waals surface area (Å²) >= 11 is 1.77. The largest absolute Gasteiger partial charge is 0.452 e. The molecule has 1 unspecified atom stereocenters. The molecule has 5 heterocycles. The second-order valence-corrected chi connectivity index (χ2v) is 16.8. The maximum absolute atomic E-state index is 7.03. The highest BCUT2D eigenvalue weighted by molar-refractivity contribution is 7.99. The normalized spacial score (nSPS) is 15.2. The molecule has 6 nitrogen and oxygen atoms in total. The van der Waals surface area contributed by atoms with E-state index in [0.29, 0.717) is 5.82 Å². The van der Waals surface area contributed by atoms with E-state index in [2.05, 4.69) is 169 Å². The maximum Gasteiger partial charge on any atom is 0.165 e. The molecule has 3 aromatic heterocycles. The number of fused-ring (bicyclic) bond motifs is 13. The second-order valence-electron chi connectivity index (χ2n) is 15.8. The lowest BCUT2D eigenvalue weighted by atomic mass is 9.67. The van der Waals surface area contributed by atoms with Crippen LogP contribution in [0.2, 0.25) is 0 Å². The molecule has 1 aliphatic carbocycles. The van der Waals surface area contributed by atoms with Crippen LogP contribution in [0, 0.1) is 0 Å². The Bertz CT molecular complexity index is 3450. The molecule has 0 amide bonds. The average Bonchev–Trinajstić information content (AvgIpc) is 3.63. The van der Waals surface area contributed by atoms with Gasteiger partial charge in [-0.3, -0.25) is 9.97 Å². The summed E-state index contributed by atoms with van der Waals surface area (Å²) in [5.41, 5.74) is 14.5. The molecule has 1 atom stereocenters. The predicted octanol–water partition coefficient (Wildman–Crippen LogP) is 13.8. The highest BCUT2D eigenvalue weighted by Crippen LogP contribution is 2.65. The van der Waals surface area contributed by atoms with Crippen molar-refractivity contribution >= 4 is 39.7 Å². The van der Waals surface area contributed by atoms with E-state index in [1.807, 2.05) is 36.7 Å². The summed E-state index contributed by atoms with van der Waals surface area (Å²) in [7, 11) is 0. The highest BCUT2D eigenvalue weighted by atomic mass is 32.2. The molecule has 62 heavy (non-hydrogen) atoms. The van der Waals surface area contributed by atoms with Crippen LogP contribution < -0.4 is 9.64 Å². The molecule has 7 heteroatoms. The number of hydrogen-bond donors (Lipinski definition) is 0. The Morgan fingerprint density at radius 3 is 2.15 bits per heavy atom. The van der Waals surface area contributed by atoms with Crippen LogP contribution in [0.15, 0.2) is 210 Å².